The summed E-state index contributed by atoms with van der Waals surface area (Å²) in [4.78, 5) is 48.7. The van der Waals surface area contributed by atoms with Crippen LogP contribution < -0.4 is 20.1 Å². The molecular weight excluding hydrogens is 470 g/mol. The lowest BCUT2D eigenvalue weighted by atomic mass is 10.2. The Balaban J connectivity index is 1.68. The number of ether oxygens (including phenoxy) is 2. The number of amides is 2. The molecular formula is C24H25N5O5S. The Morgan fingerprint density at radius 3 is 2.51 bits per heavy atom. The third kappa shape index (κ3) is 4.44. The van der Waals surface area contributed by atoms with Crippen LogP contribution in [0.15, 0.2) is 47.4 Å². The molecule has 0 radical (unpaired) electrons. The summed E-state index contributed by atoms with van der Waals surface area (Å²) in [5.74, 6) is -0.179. The number of thiol groups is 1. The normalized spacial score (nSPS) is 16.3. The number of morpholine rings is 1. The molecule has 0 saturated carbocycles. The molecule has 1 aromatic carbocycles. The molecule has 2 fully saturated rings. The maximum atomic E-state index is 13.7. The molecule has 0 N–H and O–H groups in total. The van der Waals surface area contributed by atoms with Gasteiger partial charge in [-0.05, 0) is 11.6 Å². The van der Waals surface area contributed by atoms with Gasteiger partial charge in [-0.1, -0.05) is 43.0 Å². The number of carbonyl (C=O) groups excluding carboxylic acids is 2. The molecule has 182 valence electrons. The number of pyridine rings is 1. The fourth-order valence-corrected chi connectivity index (χ4v) is 4.41. The summed E-state index contributed by atoms with van der Waals surface area (Å²) in [6, 6.07) is 10.9. The van der Waals surface area contributed by atoms with Crippen LogP contribution in [0, 0.1) is 0 Å². The number of likely N-dealkylation sites (N-methyl/N-ethyl adjacent to an activating group) is 1. The maximum Gasteiger partial charge on any atom is 0.324 e. The van der Waals surface area contributed by atoms with Gasteiger partial charge in [0.1, 0.15) is 6.61 Å². The van der Waals surface area contributed by atoms with E-state index in [4.69, 9.17) is 9.47 Å². The topological polar surface area (TPSA) is 96.7 Å². The van der Waals surface area contributed by atoms with E-state index in [1.165, 1.54) is 4.40 Å². The van der Waals surface area contributed by atoms with Gasteiger partial charge in [0, 0.05) is 39.4 Å². The van der Waals surface area contributed by atoms with Crippen molar-refractivity contribution in [2.75, 3.05) is 56.2 Å². The lowest BCUT2D eigenvalue weighted by Gasteiger charge is -2.30. The summed E-state index contributed by atoms with van der Waals surface area (Å²) >= 11 is 3.95. The SMILES string of the molecule is CN1CCN(c2cc(N3CCOCC3)cn3c(=O)c(OCc4ccccc4)c(C(=O)S)nc23)C1=O. The second kappa shape index (κ2) is 9.59. The molecule has 2 aliphatic heterocycles. The molecule has 2 saturated heterocycles. The number of hydrogen-bond donors (Lipinski definition) is 1. The molecule has 2 amide bonds. The van der Waals surface area contributed by atoms with E-state index in [2.05, 4.69) is 22.5 Å². The van der Waals surface area contributed by atoms with E-state index in [0.717, 1.165) is 11.3 Å². The van der Waals surface area contributed by atoms with Crippen molar-refractivity contribution < 1.29 is 19.1 Å². The van der Waals surface area contributed by atoms with E-state index in [1.54, 1.807) is 23.0 Å². The number of rotatable bonds is 6. The van der Waals surface area contributed by atoms with Gasteiger partial charge in [0.2, 0.25) is 10.9 Å². The largest absolute Gasteiger partial charge is 0.481 e. The minimum Gasteiger partial charge on any atom is -0.481 e. The first-order valence-electron chi connectivity index (χ1n) is 11.3. The molecule has 10 nitrogen and oxygen atoms in total. The number of nitrogens with zero attached hydrogens (tertiary/aromatic N) is 5. The monoisotopic (exact) mass is 495 g/mol. The molecule has 35 heavy (non-hydrogen) atoms. The zero-order chi connectivity index (χ0) is 24.5. The number of aromatic nitrogens is 2. The van der Waals surface area contributed by atoms with E-state index < -0.39 is 10.7 Å². The van der Waals surface area contributed by atoms with Crippen molar-refractivity contribution in [3.63, 3.8) is 0 Å². The highest BCUT2D eigenvalue weighted by Gasteiger charge is 2.31. The lowest BCUT2D eigenvalue weighted by Crippen LogP contribution is -2.37. The Bertz CT molecular complexity index is 1340. The molecule has 0 bridgehead atoms. The third-order valence-electron chi connectivity index (χ3n) is 6.16. The molecule has 3 aromatic rings. The van der Waals surface area contributed by atoms with Crippen molar-refractivity contribution in [2.24, 2.45) is 0 Å². The Morgan fingerprint density at radius 2 is 1.86 bits per heavy atom. The van der Waals surface area contributed by atoms with Crippen LogP contribution in [0.25, 0.3) is 5.65 Å². The fraction of sp³-hybridized carbons (Fsp3) is 0.333. The predicted octanol–water partition coefficient (Wildman–Crippen LogP) is 2.05. The zero-order valence-corrected chi connectivity index (χ0v) is 20.1. The third-order valence-corrected chi connectivity index (χ3v) is 6.37. The van der Waals surface area contributed by atoms with Crippen LogP contribution >= 0.6 is 12.6 Å². The van der Waals surface area contributed by atoms with E-state index in [0.29, 0.717) is 45.1 Å². The van der Waals surface area contributed by atoms with E-state index in [-0.39, 0.29) is 29.7 Å². The summed E-state index contributed by atoms with van der Waals surface area (Å²) in [7, 11) is 1.72. The van der Waals surface area contributed by atoms with E-state index in [1.807, 2.05) is 36.4 Å². The minimum absolute atomic E-state index is 0.0866. The molecule has 2 aliphatic rings. The van der Waals surface area contributed by atoms with Crippen LogP contribution in [-0.4, -0.2) is 71.9 Å². The second-order valence-electron chi connectivity index (χ2n) is 8.41. The Hall–Kier alpha value is -3.57. The van der Waals surface area contributed by atoms with Gasteiger partial charge in [0.25, 0.3) is 0 Å². The van der Waals surface area contributed by atoms with Crippen molar-refractivity contribution in [3.8, 4) is 5.75 Å². The van der Waals surface area contributed by atoms with Crippen molar-refractivity contribution in [3.05, 3.63) is 64.2 Å². The van der Waals surface area contributed by atoms with Gasteiger partial charge in [-0.25, -0.2) is 9.78 Å². The number of fused-ring (bicyclic) bond motifs is 1. The number of hydrogen-bond acceptors (Lipinski definition) is 7. The summed E-state index contributed by atoms with van der Waals surface area (Å²) in [5.41, 5.74) is 1.50. The standard InChI is InChI=1S/C24H25N5O5S/c1-26-7-8-28(24(26)32)18-13-17(27-9-11-33-12-10-27)14-29-21(18)25-19(23(31)35)20(22(29)30)34-15-16-5-3-2-4-6-16/h2-6,13-14H,7-12,15H2,1H3,(H,31,35). The number of benzene rings is 1. The van der Waals surface area contributed by atoms with Crippen molar-refractivity contribution >= 4 is 40.8 Å². The molecule has 0 aliphatic carbocycles. The predicted molar refractivity (Wildman–Crippen MR) is 134 cm³/mol. The lowest BCUT2D eigenvalue weighted by molar-refractivity contribution is 0.108. The van der Waals surface area contributed by atoms with Gasteiger partial charge >= 0.3 is 11.6 Å². The van der Waals surface area contributed by atoms with Gasteiger partial charge in [-0.15, -0.1) is 0 Å². The average Bonchev–Trinajstić information content (AvgIpc) is 3.21. The number of urea groups is 1. The first-order chi connectivity index (χ1) is 16.9. The molecule has 0 unspecified atom stereocenters. The second-order valence-corrected chi connectivity index (χ2v) is 8.81. The molecule has 11 heteroatoms. The van der Waals surface area contributed by atoms with Crippen molar-refractivity contribution in [1.82, 2.24) is 14.3 Å². The minimum atomic E-state index is -0.694. The zero-order valence-electron chi connectivity index (χ0n) is 19.2. The first kappa shape index (κ1) is 23.2. The Morgan fingerprint density at radius 1 is 1.11 bits per heavy atom. The summed E-state index contributed by atoms with van der Waals surface area (Å²) in [6.45, 7) is 3.47. The van der Waals surface area contributed by atoms with Crippen molar-refractivity contribution in [2.45, 2.75) is 6.61 Å². The highest BCUT2D eigenvalue weighted by Crippen LogP contribution is 2.31. The fourth-order valence-electron chi connectivity index (χ4n) is 4.26. The molecule has 2 aromatic heterocycles. The Labute approximate surface area is 207 Å². The summed E-state index contributed by atoms with van der Waals surface area (Å²) in [6.07, 6.45) is 1.67. The summed E-state index contributed by atoms with van der Waals surface area (Å²) < 4.78 is 12.6. The van der Waals surface area contributed by atoms with Crippen LogP contribution in [0.1, 0.15) is 16.1 Å². The Kier molecular flexibility index (Phi) is 6.35. The van der Waals surface area contributed by atoms with Crippen LogP contribution in [-0.2, 0) is 11.3 Å². The van der Waals surface area contributed by atoms with Crippen molar-refractivity contribution in [1.29, 1.82) is 0 Å². The molecule has 5 rings (SSSR count). The molecule has 4 heterocycles. The van der Waals surface area contributed by atoms with Gasteiger partial charge in [0.05, 0.1) is 24.6 Å². The maximum absolute atomic E-state index is 13.7. The summed E-state index contributed by atoms with van der Waals surface area (Å²) in [5, 5.41) is -0.694. The number of anilines is 2. The van der Waals surface area contributed by atoms with E-state index in [9.17, 15) is 14.4 Å². The van der Waals surface area contributed by atoms with Crippen LogP contribution in [0.2, 0.25) is 0 Å². The van der Waals surface area contributed by atoms with Gasteiger partial charge in [-0.2, -0.15) is 0 Å². The van der Waals surface area contributed by atoms with Gasteiger partial charge in [-0.3, -0.25) is 18.9 Å². The van der Waals surface area contributed by atoms with Crippen LogP contribution in [0.5, 0.6) is 5.75 Å². The smallest absolute Gasteiger partial charge is 0.324 e. The first-order valence-corrected chi connectivity index (χ1v) is 11.7. The molecule has 0 spiro atoms. The van der Waals surface area contributed by atoms with Crippen LogP contribution in [0.4, 0.5) is 16.2 Å². The van der Waals surface area contributed by atoms with Gasteiger partial charge < -0.3 is 19.3 Å². The quantitative estimate of drug-likeness (QED) is 0.523. The highest BCUT2D eigenvalue weighted by molar-refractivity contribution is 7.97. The van der Waals surface area contributed by atoms with Crippen LogP contribution in [0.3, 0.4) is 0 Å². The molecule has 0 atom stereocenters. The highest BCUT2D eigenvalue weighted by atomic mass is 32.1. The average molecular weight is 496 g/mol. The van der Waals surface area contributed by atoms with E-state index >= 15 is 0 Å². The van der Waals surface area contributed by atoms with Gasteiger partial charge in [0.15, 0.2) is 11.3 Å². The number of carbonyl (C=O) groups is 2.